The summed E-state index contributed by atoms with van der Waals surface area (Å²) in [5.74, 6) is -1.53. The average molecular weight is 428 g/mol. The summed E-state index contributed by atoms with van der Waals surface area (Å²) in [7, 11) is 1.96. The number of aromatic nitrogens is 3. The lowest BCUT2D eigenvalue weighted by Gasteiger charge is -2.26. The minimum Gasteiger partial charge on any atom is -0.477 e. The highest BCUT2D eigenvalue weighted by atomic mass is 19.4. The molecule has 2 fully saturated rings. The second kappa shape index (κ2) is 9.00. The predicted molar refractivity (Wildman–Crippen MR) is 98.6 cm³/mol. The predicted octanol–water partition coefficient (Wildman–Crippen LogP) is 1.98. The van der Waals surface area contributed by atoms with Crippen LogP contribution >= 0.6 is 0 Å². The van der Waals surface area contributed by atoms with Gasteiger partial charge in [-0.1, -0.05) is 6.07 Å². The molecule has 4 heterocycles. The third kappa shape index (κ3) is 5.48. The van der Waals surface area contributed by atoms with Gasteiger partial charge in [-0.3, -0.25) is 9.58 Å². The maximum Gasteiger partial charge on any atom is 0.490 e. The molecule has 0 aliphatic carbocycles. The highest BCUT2D eigenvalue weighted by Crippen LogP contribution is 2.42. The molecule has 1 N–H and O–H groups in total. The van der Waals surface area contributed by atoms with Crippen molar-refractivity contribution in [3.8, 4) is 5.88 Å². The first-order chi connectivity index (χ1) is 14.2. The fourth-order valence-corrected chi connectivity index (χ4v) is 3.73. The lowest BCUT2D eigenvalue weighted by atomic mass is 9.82. The lowest BCUT2D eigenvalue weighted by Crippen LogP contribution is -2.37. The van der Waals surface area contributed by atoms with E-state index in [1.54, 1.807) is 6.20 Å². The summed E-state index contributed by atoms with van der Waals surface area (Å²) in [5.41, 5.74) is 1.34. The van der Waals surface area contributed by atoms with Crippen molar-refractivity contribution in [3.05, 3.63) is 42.4 Å². The number of aryl methyl sites for hydroxylation is 1. The van der Waals surface area contributed by atoms with E-state index >= 15 is 0 Å². The molecule has 2 aliphatic heterocycles. The van der Waals surface area contributed by atoms with Crippen LogP contribution in [0.2, 0.25) is 0 Å². The van der Waals surface area contributed by atoms with E-state index in [2.05, 4.69) is 21.2 Å². The van der Waals surface area contributed by atoms with E-state index in [-0.39, 0.29) is 5.41 Å². The van der Waals surface area contributed by atoms with Crippen LogP contribution in [0.25, 0.3) is 0 Å². The first-order valence-corrected chi connectivity index (χ1v) is 9.29. The van der Waals surface area contributed by atoms with Gasteiger partial charge in [0.2, 0.25) is 5.88 Å². The summed E-state index contributed by atoms with van der Waals surface area (Å²) in [5, 5.41) is 11.4. The van der Waals surface area contributed by atoms with Crippen molar-refractivity contribution < 1.29 is 32.5 Å². The maximum atomic E-state index is 10.6. The van der Waals surface area contributed by atoms with Gasteiger partial charge < -0.3 is 14.6 Å². The molecule has 4 rings (SSSR count). The number of aliphatic carboxylic acids is 1. The van der Waals surface area contributed by atoms with Gasteiger partial charge in [0.15, 0.2) is 0 Å². The normalized spacial score (nSPS) is 23.5. The van der Waals surface area contributed by atoms with Gasteiger partial charge in [-0.2, -0.15) is 18.3 Å². The van der Waals surface area contributed by atoms with Crippen LogP contribution < -0.4 is 4.74 Å². The molecule has 8 nitrogen and oxygen atoms in total. The van der Waals surface area contributed by atoms with Crippen LogP contribution in [0.15, 0.2) is 36.8 Å². The molecule has 2 atom stereocenters. The number of hydrogen-bond donors (Lipinski definition) is 1. The summed E-state index contributed by atoms with van der Waals surface area (Å²) in [4.78, 5) is 15.6. The molecule has 2 aromatic heterocycles. The van der Waals surface area contributed by atoms with Gasteiger partial charge >= 0.3 is 12.1 Å². The van der Waals surface area contributed by atoms with E-state index in [0.29, 0.717) is 18.4 Å². The maximum absolute atomic E-state index is 10.6. The van der Waals surface area contributed by atoms with E-state index in [1.807, 2.05) is 36.1 Å². The van der Waals surface area contributed by atoms with E-state index in [0.717, 1.165) is 32.8 Å². The van der Waals surface area contributed by atoms with Crippen LogP contribution in [0.1, 0.15) is 5.56 Å². The van der Waals surface area contributed by atoms with Crippen molar-refractivity contribution in [2.75, 3.05) is 32.9 Å². The second-order valence-corrected chi connectivity index (χ2v) is 7.53. The highest BCUT2D eigenvalue weighted by Gasteiger charge is 2.51. The number of carboxylic acid groups (broad SMARTS) is 1. The zero-order valence-corrected chi connectivity index (χ0v) is 16.4. The van der Waals surface area contributed by atoms with Gasteiger partial charge in [0, 0.05) is 62.0 Å². The third-order valence-corrected chi connectivity index (χ3v) is 5.14. The molecule has 2 aromatic rings. The summed E-state index contributed by atoms with van der Waals surface area (Å²) < 4.78 is 45.3. The van der Waals surface area contributed by atoms with Crippen molar-refractivity contribution in [2.45, 2.75) is 12.7 Å². The number of halogens is 3. The Balaban J connectivity index is 0.000000318. The standard InChI is InChI=1S/C17H22N4O2.C2HF3O2/c1-20-7-14(6-19-20)8-21-9-15-10-22-12-17(15,11-21)13-23-16-4-2-3-5-18-16;3-2(4,5)1(6)7/h2-7,15H,8-13H2,1H3;(H,6,7)/t15-,17+;/m1./s1. The number of fused-ring (bicyclic) bond motifs is 1. The molecule has 2 aliphatic rings. The van der Waals surface area contributed by atoms with Crippen LogP contribution in [-0.4, -0.2) is 69.8 Å². The average Bonchev–Trinajstić information content (AvgIpc) is 3.35. The van der Waals surface area contributed by atoms with E-state index in [9.17, 15) is 13.2 Å². The van der Waals surface area contributed by atoms with Gasteiger partial charge in [-0.05, 0) is 6.07 Å². The number of hydrogen-bond acceptors (Lipinski definition) is 6. The molecule has 0 aromatic carbocycles. The molecule has 2 saturated heterocycles. The Morgan fingerprint density at radius 3 is 2.80 bits per heavy atom. The monoisotopic (exact) mass is 428 g/mol. The number of ether oxygens (including phenoxy) is 2. The first-order valence-electron chi connectivity index (χ1n) is 9.29. The molecule has 30 heavy (non-hydrogen) atoms. The number of alkyl halides is 3. The quantitative estimate of drug-likeness (QED) is 0.779. The van der Waals surface area contributed by atoms with Gasteiger partial charge in [-0.25, -0.2) is 9.78 Å². The number of carboxylic acids is 1. The molecule has 0 saturated carbocycles. The van der Waals surface area contributed by atoms with E-state index in [4.69, 9.17) is 19.4 Å². The number of carbonyl (C=O) groups is 1. The second-order valence-electron chi connectivity index (χ2n) is 7.53. The van der Waals surface area contributed by atoms with Crippen LogP contribution in [0, 0.1) is 11.3 Å². The SMILES string of the molecule is Cn1cc(CN2C[C@@H]3COC[C@]3(COc3ccccn3)C2)cn1.O=C(O)C(F)(F)F. The summed E-state index contributed by atoms with van der Waals surface area (Å²) in [6.07, 6.45) is 0.711. The van der Waals surface area contributed by atoms with Crippen molar-refractivity contribution in [1.82, 2.24) is 19.7 Å². The lowest BCUT2D eigenvalue weighted by molar-refractivity contribution is -0.192. The third-order valence-electron chi connectivity index (χ3n) is 5.14. The zero-order chi connectivity index (χ0) is 21.8. The van der Waals surface area contributed by atoms with Crippen molar-refractivity contribution in [2.24, 2.45) is 18.4 Å². The Labute approximate surface area is 171 Å². The topological polar surface area (TPSA) is 89.7 Å². The Bertz CT molecular complexity index is 846. The number of nitrogens with zero attached hydrogens (tertiary/aromatic N) is 4. The highest BCUT2D eigenvalue weighted by molar-refractivity contribution is 5.73. The minimum absolute atomic E-state index is 0.0831. The van der Waals surface area contributed by atoms with Gasteiger partial charge in [-0.15, -0.1) is 0 Å². The molecular weight excluding hydrogens is 405 g/mol. The first kappa shape index (κ1) is 22.0. The molecule has 164 valence electrons. The number of likely N-dealkylation sites (tertiary alicyclic amines) is 1. The van der Waals surface area contributed by atoms with Crippen LogP contribution in [0.5, 0.6) is 5.88 Å². The Morgan fingerprint density at radius 2 is 2.20 bits per heavy atom. The van der Waals surface area contributed by atoms with Crippen molar-refractivity contribution >= 4 is 5.97 Å². The van der Waals surface area contributed by atoms with Gasteiger partial charge in [0.05, 0.1) is 26.0 Å². The van der Waals surface area contributed by atoms with Crippen LogP contribution in [0.3, 0.4) is 0 Å². The molecule has 0 bridgehead atoms. The van der Waals surface area contributed by atoms with Gasteiger partial charge in [0.25, 0.3) is 0 Å². The van der Waals surface area contributed by atoms with Crippen LogP contribution in [0.4, 0.5) is 13.2 Å². The smallest absolute Gasteiger partial charge is 0.477 e. The summed E-state index contributed by atoms with van der Waals surface area (Å²) in [6, 6.07) is 5.76. The van der Waals surface area contributed by atoms with Gasteiger partial charge in [0.1, 0.15) is 0 Å². The van der Waals surface area contributed by atoms with Crippen molar-refractivity contribution in [3.63, 3.8) is 0 Å². The Morgan fingerprint density at radius 1 is 1.43 bits per heavy atom. The fourth-order valence-electron chi connectivity index (χ4n) is 3.73. The minimum atomic E-state index is -5.08. The van der Waals surface area contributed by atoms with E-state index < -0.39 is 12.1 Å². The number of rotatable bonds is 5. The van der Waals surface area contributed by atoms with Crippen molar-refractivity contribution in [1.29, 1.82) is 0 Å². The van der Waals surface area contributed by atoms with Crippen LogP contribution in [-0.2, 0) is 23.1 Å². The zero-order valence-electron chi connectivity index (χ0n) is 16.4. The molecule has 0 spiro atoms. The Kier molecular flexibility index (Phi) is 6.61. The molecule has 0 unspecified atom stereocenters. The summed E-state index contributed by atoms with van der Waals surface area (Å²) in [6.45, 7) is 5.26. The fraction of sp³-hybridized carbons (Fsp3) is 0.526. The Hall–Kier alpha value is -2.66. The molecule has 11 heteroatoms. The molecular formula is C19H23F3N4O4. The molecule has 0 radical (unpaired) electrons. The summed E-state index contributed by atoms with van der Waals surface area (Å²) >= 11 is 0. The largest absolute Gasteiger partial charge is 0.490 e. The number of pyridine rings is 1. The molecule has 0 amide bonds. The van der Waals surface area contributed by atoms with E-state index in [1.165, 1.54) is 5.56 Å².